The first kappa shape index (κ1) is 27.4. The summed E-state index contributed by atoms with van der Waals surface area (Å²) in [6.45, 7) is 6.91. The molecule has 190 valence electrons. The van der Waals surface area contributed by atoms with E-state index in [0.29, 0.717) is 33.4 Å². The highest BCUT2D eigenvalue weighted by molar-refractivity contribution is 9.10. The number of nitrogens with zero attached hydrogens (tertiary/aromatic N) is 1. The smallest absolute Gasteiger partial charge is 0.285 e. The molecule has 0 aromatic heterocycles. The van der Waals surface area contributed by atoms with Crippen molar-refractivity contribution < 1.29 is 14.3 Å². The van der Waals surface area contributed by atoms with E-state index in [2.05, 4.69) is 66.4 Å². The number of halogens is 2. The van der Waals surface area contributed by atoms with Crippen molar-refractivity contribution in [3.63, 3.8) is 0 Å². The second-order valence-corrected chi connectivity index (χ2v) is 12.4. The fourth-order valence-electron chi connectivity index (χ4n) is 3.53. The Hall–Kier alpha value is -2.65. The third-order valence-electron chi connectivity index (χ3n) is 5.57. The van der Waals surface area contributed by atoms with Gasteiger partial charge in [0.1, 0.15) is 12.4 Å². The summed E-state index contributed by atoms with van der Waals surface area (Å²) in [5.74, 6) is -0.283. The zero-order valence-corrected chi connectivity index (χ0v) is 24.4. The zero-order valence-electron chi connectivity index (χ0n) is 20.4. The van der Waals surface area contributed by atoms with Gasteiger partial charge in [0, 0.05) is 20.6 Å². The molecule has 1 saturated heterocycles. The highest BCUT2D eigenvalue weighted by Crippen LogP contribution is 2.35. The molecule has 0 spiro atoms. The van der Waals surface area contributed by atoms with E-state index in [1.165, 1.54) is 11.6 Å². The molecule has 3 aromatic carbocycles. The van der Waals surface area contributed by atoms with Crippen molar-refractivity contribution in [2.75, 3.05) is 0 Å². The maximum Gasteiger partial charge on any atom is 0.285 e. The molecule has 2 amide bonds. The number of hydrogen-bond donors (Lipinski definition) is 1. The van der Waals surface area contributed by atoms with Crippen LogP contribution in [-0.4, -0.2) is 21.1 Å². The Morgan fingerprint density at radius 3 is 2.54 bits per heavy atom. The standard InChI is InChI=1S/C28H24BrClN2O3S2/c1-28(2,3)20-9-7-17(8-10-20)16-35-23-12-11-21(29)13-19(23)15-24-26(34)32(27(36)37-24)31-25(33)18-5-4-6-22(30)14-18/h4-15H,16H2,1-3H3,(H,31,33)/b24-15+. The van der Waals surface area contributed by atoms with Crippen molar-refractivity contribution in [2.24, 2.45) is 0 Å². The van der Waals surface area contributed by atoms with Gasteiger partial charge in [-0.05, 0) is 71.2 Å². The molecular formula is C28H24BrClN2O3S2. The van der Waals surface area contributed by atoms with Gasteiger partial charge in [0.15, 0.2) is 4.32 Å². The third kappa shape index (κ3) is 6.82. The van der Waals surface area contributed by atoms with Crippen LogP contribution in [0.25, 0.3) is 6.08 Å². The Kier molecular flexibility index (Phi) is 8.43. The number of benzene rings is 3. The maximum atomic E-state index is 13.1. The van der Waals surface area contributed by atoms with Crippen molar-refractivity contribution in [3.05, 3.63) is 103 Å². The van der Waals surface area contributed by atoms with E-state index >= 15 is 0 Å². The molecule has 0 bridgehead atoms. The van der Waals surface area contributed by atoms with Gasteiger partial charge in [-0.2, -0.15) is 5.01 Å². The predicted octanol–water partition coefficient (Wildman–Crippen LogP) is 7.53. The van der Waals surface area contributed by atoms with Crippen LogP contribution in [0.5, 0.6) is 5.75 Å². The molecule has 37 heavy (non-hydrogen) atoms. The lowest BCUT2D eigenvalue weighted by Crippen LogP contribution is -2.44. The summed E-state index contributed by atoms with van der Waals surface area (Å²) in [6.07, 6.45) is 1.72. The van der Waals surface area contributed by atoms with Crippen LogP contribution < -0.4 is 10.2 Å². The van der Waals surface area contributed by atoms with Crippen LogP contribution in [0, 0.1) is 0 Å². The lowest BCUT2D eigenvalue weighted by Gasteiger charge is -2.19. The number of amides is 2. The Morgan fingerprint density at radius 2 is 1.86 bits per heavy atom. The fraction of sp³-hybridized carbons (Fsp3) is 0.179. The SMILES string of the molecule is CC(C)(C)c1ccc(COc2ccc(Br)cc2/C=C2/SC(=S)N(NC(=O)c3cccc(Cl)c3)C2=O)cc1. The van der Waals surface area contributed by atoms with Crippen LogP contribution in [-0.2, 0) is 16.8 Å². The van der Waals surface area contributed by atoms with Gasteiger partial charge in [0.25, 0.3) is 11.8 Å². The van der Waals surface area contributed by atoms with Crippen LogP contribution in [0.3, 0.4) is 0 Å². The molecule has 0 aliphatic carbocycles. The van der Waals surface area contributed by atoms with Crippen LogP contribution in [0.1, 0.15) is 47.8 Å². The van der Waals surface area contributed by atoms with E-state index in [0.717, 1.165) is 26.8 Å². The normalized spacial score (nSPS) is 14.8. The number of hydrogen-bond acceptors (Lipinski definition) is 5. The summed E-state index contributed by atoms with van der Waals surface area (Å²) in [5.41, 5.74) is 5.98. The number of carbonyl (C=O) groups is 2. The minimum atomic E-state index is -0.482. The van der Waals surface area contributed by atoms with Crippen molar-refractivity contribution in [3.8, 4) is 5.75 Å². The summed E-state index contributed by atoms with van der Waals surface area (Å²) >= 11 is 15.9. The second-order valence-electron chi connectivity index (χ2n) is 9.39. The van der Waals surface area contributed by atoms with Crippen LogP contribution in [0.2, 0.25) is 5.02 Å². The molecule has 9 heteroatoms. The van der Waals surface area contributed by atoms with Crippen molar-refractivity contribution in [1.82, 2.24) is 10.4 Å². The highest BCUT2D eigenvalue weighted by Gasteiger charge is 2.34. The molecule has 3 aromatic rings. The van der Waals surface area contributed by atoms with Crippen molar-refractivity contribution >= 4 is 73.7 Å². The topological polar surface area (TPSA) is 58.6 Å². The first-order valence-electron chi connectivity index (χ1n) is 11.4. The van der Waals surface area contributed by atoms with E-state index in [1.807, 2.05) is 18.2 Å². The van der Waals surface area contributed by atoms with E-state index in [9.17, 15) is 9.59 Å². The number of hydrazine groups is 1. The van der Waals surface area contributed by atoms with Gasteiger partial charge in [-0.3, -0.25) is 15.0 Å². The summed E-state index contributed by atoms with van der Waals surface area (Å²) in [6, 6.07) is 20.4. The Morgan fingerprint density at radius 1 is 1.14 bits per heavy atom. The molecule has 0 unspecified atom stereocenters. The third-order valence-corrected chi connectivity index (χ3v) is 7.60. The summed E-state index contributed by atoms with van der Waals surface area (Å²) in [7, 11) is 0. The van der Waals surface area contributed by atoms with Gasteiger partial charge >= 0.3 is 0 Å². The van der Waals surface area contributed by atoms with E-state index < -0.39 is 11.8 Å². The lowest BCUT2D eigenvalue weighted by molar-refractivity contribution is -0.123. The van der Waals surface area contributed by atoms with Crippen LogP contribution in [0.4, 0.5) is 0 Å². The number of rotatable bonds is 6. The molecule has 0 saturated carbocycles. The Labute approximate surface area is 239 Å². The lowest BCUT2D eigenvalue weighted by atomic mass is 9.87. The van der Waals surface area contributed by atoms with Crippen LogP contribution >= 0.6 is 51.5 Å². The molecule has 4 rings (SSSR count). The van der Waals surface area contributed by atoms with Gasteiger partial charge in [0.2, 0.25) is 0 Å². The average molecular weight is 616 g/mol. The number of ether oxygens (including phenoxy) is 1. The predicted molar refractivity (Wildman–Crippen MR) is 158 cm³/mol. The maximum absolute atomic E-state index is 13.1. The molecule has 1 aliphatic heterocycles. The Balaban J connectivity index is 1.50. The monoisotopic (exact) mass is 614 g/mol. The van der Waals surface area contributed by atoms with Crippen LogP contribution in [0.15, 0.2) is 76.1 Å². The van der Waals surface area contributed by atoms with E-state index in [4.69, 9.17) is 28.6 Å². The number of carbonyl (C=O) groups excluding carboxylic acids is 2. The Bertz CT molecular complexity index is 1400. The van der Waals surface area contributed by atoms with Gasteiger partial charge < -0.3 is 4.74 Å². The average Bonchev–Trinajstić information content (AvgIpc) is 3.10. The van der Waals surface area contributed by atoms with E-state index in [-0.39, 0.29) is 9.74 Å². The fourth-order valence-corrected chi connectivity index (χ4v) is 5.27. The molecule has 0 radical (unpaired) electrons. The molecule has 1 N–H and O–H groups in total. The van der Waals surface area contributed by atoms with Gasteiger partial charge in [-0.1, -0.05) is 90.4 Å². The van der Waals surface area contributed by atoms with Crippen molar-refractivity contribution in [1.29, 1.82) is 0 Å². The second kappa shape index (κ2) is 11.4. The minimum absolute atomic E-state index is 0.0814. The van der Waals surface area contributed by atoms with Gasteiger partial charge in [-0.25, -0.2) is 0 Å². The first-order chi connectivity index (χ1) is 17.5. The van der Waals surface area contributed by atoms with Gasteiger partial charge in [0.05, 0.1) is 4.91 Å². The highest BCUT2D eigenvalue weighted by atomic mass is 79.9. The molecule has 1 heterocycles. The molecule has 1 fully saturated rings. The van der Waals surface area contributed by atoms with Gasteiger partial charge in [-0.15, -0.1) is 0 Å². The quantitative estimate of drug-likeness (QED) is 0.230. The largest absolute Gasteiger partial charge is 0.488 e. The summed E-state index contributed by atoms with van der Waals surface area (Å²) < 4.78 is 7.19. The molecule has 5 nitrogen and oxygen atoms in total. The summed E-state index contributed by atoms with van der Waals surface area (Å²) in [4.78, 5) is 26.1. The molecule has 0 atom stereocenters. The summed E-state index contributed by atoms with van der Waals surface area (Å²) in [5, 5.41) is 1.50. The number of thiocarbonyl (C=S) groups is 1. The number of nitrogens with one attached hydrogen (secondary N) is 1. The molecule has 1 aliphatic rings. The zero-order chi connectivity index (χ0) is 26.7. The first-order valence-corrected chi connectivity index (χ1v) is 13.8. The van der Waals surface area contributed by atoms with E-state index in [1.54, 1.807) is 24.3 Å². The minimum Gasteiger partial charge on any atom is -0.488 e. The van der Waals surface area contributed by atoms with Crippen molar-refractivity contribution in [2.45, 2.75) is 32.8 Å². The molecular weight excluding hydrogens is 592 g/mol. The number of thioether (sulfide) groups is 1.